The van der Waals surface area contributed by atoms with Crippen LogP contribution in [-0.2, 0) is 17.8 Å². The van der Waals surface area contributed by atoms with E-state index in [2.05, 4.69) is 35.1 Å². The van der Waals surface area contributed by atoms with Gasteiger partial charge in [0.2, 0.25) is 0 Å². The fraction of sp³-hybridized carbons (Fsp3) is 0.286. The van der Waals surface area contributed by atoms with Crippen LogP contribution in [0.2, 0.25) is 5.15 Å². The van der Waals surface area contributed by atoms with Gasteiger partial charge in [-0.25, -0.2) is 9.97 Å². The van der Waals surface area contributed by atoms with Crippen LogP contribution in [0.5, 0.6) is 0 Å². The van der Waals surface area contributed by atoms with Gasteiger partial charge in [0, 0.05) is 13.5 Å². The van der Waals surface area contributed by atoms with Crippen LogP contribution >= 0.6 is 11.6 Å². The normalized spacial score (nSPS) is 10.6. The zero-order valence-electron chi connectivity index (χ0n) is 10.5. The Morgan fingerprint density at radius 1 is 1.22 bits per heavy atom. The van der Waals surface area contributed by atoms with Gasteiger partial charge >= 0.3 is 0 Å². The zero-order chi connectivity index (χ0) is 13.0. The van der Waals surface area contributed by atoms with Gasteiger partial charge in [-0.3, -0.25) is 0 Å². The molecule has 0 atom stereocenters. The van der Waals surface area contributed by atoms with E-state index < -0.39 is 0 Å². The van der Waals surface area contributed by atoms with E-state index in [1.165, 1.54) is 11.1 Å². The summed E-state index contributed by atoms with van der Waals surface area (Å²) in [6.07, 6.45) is 0.680. The quantitative estimate of drug-likeness (QED) is 0.794. The number of nitrogens with zero attached hydrogens (tertiary/aromatic N) is 2. The van der Waals surface area contributed by atoms with Gasteiger partial charge in [0.05, 0.1) is 12.3 Å². The number of halogens is 1. The summed E-state index contributed by atoms with van der Waals surface area (Å²) in [5.74, 6) is 0.722. The van der Waals surface area contributed by atoms with Crippen molar-refractivity contribution >= 4 is 11.6 Å². The smallest absolute Gasteiger partial charge is 0.134 e. The number of ether oxygens (including phenoxy) is 1. The highest BCUT2D eigenvalue weighted by Crippen LogP contribution is 2.12. The first-order valence-corrected chi connectivity index (χ1v) is 6.12. The second-order valence-electron chi connectivity index (χ2n) is 4.20. The summed E-state index contributed by atoms with van der Waals surface area (Å²) in [5.41, 5.74) is 3.22. The first kappa shape index (κ1) is 13.0. The largest absolute Gasteiger partial charge is 0.378 e. The van der Waals surface area contributed by atoms with Gasteiger partial charge < -0.3 is 4.74 Å². The summed E-state index contributed by atoms with van der Waals surface area (Å²) >= 11 is 5.98. The van der Waals surface area contributed by atoms with Gasteiger partial charge in [0.15, 0.2) is 0 Å². The standard InChI is InChI=1S/C14H15ClN2O/c1-10-4-3-5-11(6-10)7-14-16-12(9-18-2)8-13(15)17-14/h3-6,8H,7,9H2,1-2H3. The van der Waals surface area contributed by atoms with Gasteiger partial charge in [0.1, 0.15) is 11.0 Å². The maximum atomic E-state index is 5.98. The van der Waals surface area contributed by atoms with Crippen LogP contribution in [0.25, 0.3) is 0 Å². The molecular weight excluding hydrogens is 248 g/mol. The molecule has 0 unspecified atom stereocenters. The monoisotopic (exact) mass is 262 g/mol. The number of hydrogen-bond donors (Lipinski definition) is 0. The van der Waals surface area contributed by atoms with Gasteiger partial charge in [-0.05, 0) is 18.6 Å². The van der Waals surface area contributed by atoms with Crippen molar-refractivity contribution in [3.8, 4) is 0 Å². The maximum absolute atomic E-state index is 5.98. The Morgan fingerprint density at radius 3 is 2.78 bits per heavy atom. The molecule has 1 heterocycles. The Kier molecular flexibility index (Phi) is 4.28. The highest BCUT2D eigenvalue weighted by molar-refractivity contribution is 6.29. The molecule has 2 aromatic rings. The van der Waals surface area contributed by atoms with E-state index in [0.29, 0.717) is 18.2 Å². The van der Waals surface area contributed by atoms with E-state index in [1.807, 2.05) is 6.07 Å². The average molecular weight is 263 g/mol. The lowest BCUT2D eigenvalue weighted by atomic mass is 10.1. The van der Waals surface area contributed by atoms with Crippen LogP contribution in [0.1, 0.15) is 22.6 Å². The van der Waals surface area contributed by atoms with Crippen LogP contribution in [-0.4, -0.2) is 17.1 Å². The first-order chi connectivity index (χ1) is 8.67. The summed E-state index contributed by atoms with van der Waals surface area (Å²) in [6.45, 7) is 2.52. The number of rotatable bonds is 4. The summed E-state index contributed by atoms with van der Waals surface area (Å²) in [4.78, 5) is 8.67. The molecular formula is C14H15ClN2O. The Labute approximate surface area is 112 Å². The molecule has 0 spiro atoms. The third kappa shape index (κ3) is 3.52. The van der Waals surface area contributed by atoms with Gasteiger partial charge in [0.25, 0.3) is 0 Å². The molecule has 0 aliphatic rings. The predicted molar refractivity (Wildman–Crippen MR) is 71.7 cm³/mol. The third-order valence-corrected chi connectivity index (χ3v) is 2.72. The molecule has 0 bridgehead atoms. The minimum atomic E-state index is 0.447. The number of aromatic nitrogens is 2. The average Bonchev–Trinajstić information content (AvgIpc) is 2.28. The third-order valence-electron chi connectivity index (χ3n) is 2.53. The highest BCUT2D eigenvalue weighted by atomic mass is 35.5. The second kappa shape index (κ2) is 5.94. The van der Waals surface area contributed by atoms with Crippen molar-refractivity contribution in [3.05, 3.63) is 58.1 Å². The van der Waals surface area contributed by atoms with Crippen molar-refractivity contribution in [3.63, 3.8) is 0 Å². The van der Waals surface area contributed by atoms with Crippen molar-refractivity contribution in [2.24, 2.45) is 0 Å². The van der Waals surface area contributed by atoms with Crippen LogP contribution in [0.3, 0.4) is 0 Å². The Hall–Kier alpha value is -1.45. The molecule has 0 aliphatic carbocycles. The van der Waals surface area contributed by atoms with Crippen molar-refractivity contribution in [2.45, 2.75) is 20.0 Å². The molecule has 0 amide bonds. The Morgan fingerprint density at radius 2 is 2.06 bits per heavy atom. The van der Waals surface area contributed by atoms with E-state index in [9.17, 15) is 0 Å². The van der Waals surface area contributed by atoms with Crippen LogP contribution < -0.4 is 0 Å². The minimum Gasteiger partial charge on any atom is -0.378 e. The summed E-state index contributed by atoms with van der Waals surface area (Å²) in [6, 6.07) is 10.0. The molecule has 1 aromatic heterocycles. The Balaban J connectivity index is 2.23. The molecule has 3 nitrogen and oxygen atoms in total. The first-order valence-electron chi connectivity index (χ1n) is 5.74. The molecule has 0 N–H and O–H groups in total. The predicted octanol–water partition coefficient (Wildman–Crippen LogP) is 3.18. The fourth-order valence-electron chi connectivity index (χ4n) is 1.82. The number of aryl methyl sites for hydroxylation is 1. The van der Waals surface area contributed by atoms with Crippen molar-refractivity contribution in [1.29, 1.82) is 0 Å². The Bertz CT molecular complexity index is 543. The molecule has 0 saturated heterocycles. The molecule has 0 fully saturated rings. The fourth-order valence-corrected chi connectivity index (χ4v) is 2.05. The van der Waals surface area contributed by atoms with Crippen LogP contribution in [0, 0.1) is 6.92 Å². The van der Waals surface area contributed by atoms with Crippen LogP contribution in [0.4, 0.5) is 0 Å². The molecule has 18 heavy (non-hydrogen) atoms. The SMILES string of the molecule is COCc1cc(Cl)nc(Cc2cccc(C)c2)n1. The van der Waals surface area contributed by atoms with Gasteiger partial charge in [-0.2, -0.15) is 0 Å². The lowest BCUT2D eigenvalue weighted by Gasteiger charge is -2.05. The summed E-state index contributed by atoms with van der Waals surface area (Å²) in [7, 11) is 1.64. The number of benzene rings is 1. The molecule has 0 aliphatic heterocycles. The number of methoxy groups -OCH3 is 1. The molecule has 0 saturated carbocycles. The summed E-state index contributed by atoms with van der Waals surface area (Å²) < 4.78 is 5.06. The molecule has 2 rings (SSSR count). The van der Waals surface area contributed by atoms with E-state index >= 15 is 0 Å². The lowest BCUT2D eigenvalue weighted by molar-refractivity contribution is 0.181. The topological polar surface area (TPSA) is 35.0 Å². The zero-order valence-corrected chi connectivity index (χ0v) is 11.2. The van der Waals surface area contributed by atoms with E-state index in [-0.39, 0.29) is 0 Å². The van der Waals surface area contributed by atoms with Gasteiger partial charge in [-0.15, -0.1) is 0 Å². The summed E-state index contributed by atoms with van der Waals surface area (Å²) in [5, 5.41) is 0.458. The van der Waals surface area contributed by atoms with Crippen molar-refractivity contribution in [2.75, 3.05) is 7.11 Å². The van der Waals surface area contributed by atoms with Gasteiger partial charge in [-0.1, -0.05) is 41.4 Å². The van der Waals surface area contributed by atoms with Crippen molar-refractivity contribution in [1.82, 2.24) is 9.97 Å². The molecule has 94 valence electrons. The minimum absolute atomic E-state index is 0.447. The lowest BCUT2D eigenvalue weighted by Crippen LogP contribution is -2.02. The molecule has 1 aromatic carbocycles. The molecule has 4 heteroatoms. The van der Waals surface area contributed by atoms with E-state index in [1.54, 1.807) is 13.2 Å². The van der Waals surface area contributed by atoms with Crippen molar-refractivity contribution < 1.29 is 4.74 Å². The molecule has 0 radical (unpaired) electrons. The second-order valence-corrected chi connectivity index (χ2v) is 4.58. The number of hydrogen-bond acceptors (Lipinski definition) is 3. The van der Waals surface area contributed by atoms with E-state index in [4.69, 9.17) is 16.3 Å². The van der Waals surface area contributed by atoms with E-state index in [0.717, 1.165) is 11.5 Å². The maximum Gasteiger partial charge on any atom is 0.134 e. The van der Waals surface area contributed by atoms with Crippen LogP contribution in [0.15, 0.2) is 30.3 Å². The highest BCUT2D eigenvalue weighted by Gasteiger charge is 2.04.